The molecule has 1 aliphatic rings. The lowest BCUT2D eigenvalue weighted by molar-refractivity contribution is -0.0901. The zero-order chi connectivity index (χ0) is 11.7. The average Bonchev–Trinajstić information content (AvgIpc) is 2.50. The minimum absolute atomic E-state index is 0.00538. The summed E-state index contributed by atoms with van der Waals surface area (Å²) in [6.07, 6.45) is 0. The summed E-state index contributed by atoms with van der Waals surface area (Å²) >= 11 is 3.90. The van der Waals surface area contributed by atoms with Crippen LogP contribution in [0.25, 0.3) is 0 Å². The van der Waals surface area contributed by atoms with Gasteiger partial charge in [0.25, 0.3) is 11.8 Å². The van der Waals surface area contributed by atoms with Gasteiger partial charge in [-0.2, -0.15) is 12.6 Å². The predicted molar refractivity (Wildman–Crippen MR) is 59.9 cm³/mol. The van der Waals surface area contributed by atoms with Gasteiger partial charge in [0, 0.05) is 0 Å². The molecule has 1 atom stereocenters. The van der Waals surface area contributed by atoms with Crippen LogP contribution in [0.15, 0.2) is 24.3 Å². The Morgan fingerprint density at radius 3 is 2.19 bits per heavy atom. The Morgan fingerprint density at radius 2 is 1.75 bits per heavy atom. The molecule has 6 heteroatoms. The number of imide groups is 1. The number of hydrogen-bond acceptors (Lipinski definition) is 5. The highest BCUT2D eigenvalue weighted by Crippen LogP contribution is 2.22. The van der Waals surface area contributed by atoms with Crippen LogP contribution in [0.1, 0.15) is 20.7 Å². The van der Waals surface area contributed by atoms with Gasteiger partial charge in [0.05, 0.1) is 23.1 Å². The molecule has 0 bridgehead atoms. The van der Waals surface area contributed by atoms with Crippen LogP contribution in [0.2, 0.25) is 0 Å². The lowest BCUT2D eigenvalue weighted by atomic mass is 10.1. The topological polar surface area (TPSA) is 72.6 Å². The Hall–Kier alpha value is -1.37. The van der Waals surface area contributed by atoms with Crippen molar-refractivity contribution < 1.29 is 14.4 Å². The molecule has 1 aromatic carbocycles. The average molecular weight is 238 g/mol. The van der Waals surface area contributed by atoms with Crippen molar-refractivity contribution in [1.82, 2.24) is 5.06 Å². The van der Waals surface area contributed by atoms with Crippen molar-refractivity contribution >= 4 is 24.4 Å². The molecule has 84 valence electrons. The zero-order valence-corrected chi connectivity index (χ0v) is 9.18. The summed E-state index contributed by atoms with van der Waals surface area (Å²) < 4.78 is 0. The number of thiol groups is 1. The molecule has 0 saturated carbocycles. The molecule has 0 aromatic heterocycles. The maximum absolute atomic E-state index is 11.7. The maximum atomic E-state index is 11.7. The van der Waals surface area contributed by atoms with Gasteiger partial charge in [-0.25, -0.2) is 0 Å². The van der Waals surface area contributed by atoms with Crippen LogP contribution in [0, 0.1) is 0 Å². The SMILES string of the molecule is NC(S)CON1C(=O)c2ccccc2C1=O. The summed E-state index contributed by atoms with van der Waals surface area (Å²) in [4.78, 5) is 28.5. The molecule has 0 spiro atoms. The van der Waals surface area contributed by atoms with Gasteiger partial charge in [-0.1, -0.05) is 12.1 Å². The number of nitrogens with two attached hydrogens (primary N) is 1. The summed E-state index contributed by atoms with van der Waals surface area (Å²) in [5, 5.41) is 0.185. The molecular weight excluding hydrogens is 228 g/mol. The van der Waals surface area contributed by atoms with Gasteiger partial charge in [-0.15, -0.1) is 5.06 Å². The van der Waals surface area contributed by atoms with Gasteiger partial charge in [-0.05, 0) is 12.1 Å². The number of rotatable bonds is 3. The van der Waals surface area contributed by atoms with Gasteiger partial charge >= 0.3 is 0 Å². The van der Waals surface area contributed by atoms with Crippen molar-refractivity contribution in [1.29, 1.82) is 0 Å². The minimum atomic E-state index is -0.538. The second-order valence-electron chi connectivity index (χ2n) is 3.31. The first-order valence-electron chi connectivity index (χ1n) is 4.65. The van der Waals surface area contributed by atoms with Gasteiger partial charge in [0.1, 0.15) is 0 Å². The van der Waals surface area contributed by atoms with Crippen LogP contribution in [0.3, 0.4) is 0 Å². The molecule has 1 unspecified atom stereocenters. The summed E-state index contributed by atoms with van der Waals surface area (Å²) in [7, 11) is 0. The van der Waals surface area contributed by atoms with E-state index in [1.165, 1.54) is 0 Å². The number of amides is 2. The second-order valence-corrected chi connectivity index (χ2v) is 3.98. The number of hydrogen-bond donors (Lipinski definition) is 2. The number of carbonyl (C=O) groups is 2. The molecule has 0 radical (unpaired) electrons. The van der Waals surface area contributed by atoms with Crippen molar-refractivity contribution in [3.05, 3.63) is 35.4 Å². The fraction of sp³-hybridized carbons (Fsp3) is 0.200. The van der Waals surface area contributed by atoms with E-state index >= 15 is 0 Å². The monoisotopic (exact) mass is 238 g/mol. The fourth-order valence-electron chi connectivity index (χ4n) is 1.44. The van der Waals surface area contributed by atoms with Crippen molar-refractivity contribution in [2.24, 2.45) is 5.73 Å². The van der Waals surface area contributed by atoms with Gasteiger partial charge in [0.15, 0.2) is 0 Å². The van der Waals surface area contributed by atoms with Crippen LogP contribution >= 0.6 is 12.6 Å². The van der Waals surface area contributed by atoms with Gasteiger partial charge in [-0.3, -0.25) is 14.4 Å². The molecule has 1 heterocycles. The minimum Gasteiger partial charge on any atom is -0.318 e. The van der Waals surface area contributed by atoms with E-state index in [-0.39, 0.29) is 6.61 Å². The first-order valence-corrected chi connectivity index (χ1v) is 5.17. The third-order valence-corrected chi connectivity index (χ3v) is 2.28. The van der Waals surface area contributed by atoms with Crippen LogP contribution in [-0.2, 0) is 4.84 Å². The summed E-state index contributed by atoms with van der Waals surface area (Å²) in [5.41, 5.74) is 6.05. The maximum Gasteiger partial charge on any atom is 0.285 e. The van der Waals surface area contributed by atoms with Crippen molar-refractivity contribution in [3.63, 3.8) is 0 Å². The highest BCUT2D eigenvalue weighted by atomic mass is 32.1. The molecule has 0 saturated heterocycles. The Kier molecular flexibility index (Phi) is 2.95. The molecule has 5 nitrogen and oxygen atoms in total. The van der Waals surface area contributed by atoms with Crippen LogP contribution in [0.5, 0.6) is 0 Å². The van der Waals surface area contributed by atoms with E-state index < -0.39 is 17.2 Å². The smallest absolute Gasteiger partial charge is 0.285 e. The standard InChI is InChI=1S/C10H10N2O3S/c11-8(16)5-15-12-9(13)6-3-1-2-4-7(6)10(12)14/h1-4,8,16H,5,11H2. The fourth-order valence-corrected chi connectivity index (χ4v) is 1.50. The molecule has 2 rings (SSSR count). The number of nitrogens with zero attached hydrogens (tertiary/aromatic N) is 1. The lowest BCUT2D eigenvalue weighted by Crippen LogP contribution is -2.34. The first-order chi connectivity index (χ1) is 7.61. The molecule has 1 aliphatic heterocycles. The van der Waals surface area contributed by atoms with E-state index in [2.05, 4.69) is 12.6 Å². The Balaban J connectivity index is 2.22. The largest absolute Gasteiger partial charge is 0.318 e. The molecule has 1 aromatic rings. The Labute approximate surface area is 97.5 Å². The van der Waals surface area contributed by atoms with E-state index in [4.69, 9.17) is 10.6 Å². The van der Waals surface area contributed by atoms with Crippen LogP contribution in [-0.4, -0.2) is 28.9 Å². The highest BCUT2D eigenvalue weighted by molar-refractivity contribution is 7.80. The third-order valence-electron chi connectivity index (χ3n) is 2.13. The number of benzene rings is 1. The Bertz CT molecular complexity index is 412. The number of carbonyl (C=O) groups excluding carboxylic acids is 2. The molecular formula is C10H10N2O3S. The predicted octanol–water partition coefficient (Wildman–Crippen LogP) is 0.429. The second kappa shape index (κ2) is 4.25. The highest BCUT2D eigenvalue weighted by Gasteiger charge is 2.36. The van der Waals surface area contributed by atoms with Crippen molar-refractivity contribution in [2.75, 3.05) is 6.61 Å². The van der Waals surface area contributed by atoms with E-state index in [9.17, 15) is 9.59 Å². The normalized spacial score (nSPS) is 16.5. The third kappa shape index (κ3) is 1.82. The van der Waals surface area contributed by atoms with E-state index in [0.717, 1.165) is 5.06 Å². The van der Waals surface area contributed by atoms with Crippen molar-refractivity contribution in [3.8, 4) is 0 Å². The molecule has 2 N–H and O–H groups in total. The van der Waals surface area contributed by atoms with Crippen LogP contribution < -0.4 is 5.73 Å². The number of fused-ring (bicyclic) bond motifs is 1. The van der Waals surface area contributed by atoms with Gasteiger partial charge in [0.2, 0.25) is 0 Å². The summed E-state index contributed by atoms with van der Waals surface area (Å²) in [6.45, 7) is -0.00538. The lowest BCUT2D eigenvalue weighted by Gasteiger charge is -2.14. The van der Waals surface area contributed by atoms with E-state index in [1.54, 1.807) is 24.3 Å². The zero-order valence-electron chi connectivity index (χ0n) is 8.29. The molecule has 0 aliphatic carbocycles. The summed E-state index contributed by atoms with van der Waals surface area (Å²) in [5.74, 6) is -0.927. The summed E-state index contributed by atoms with van der Waals surface area (Å²) in [6, 6.07) is 6.55. The first kappa shape index (κ1) is 11.1. The number of hydroxylamine groups is 2. The van der Waals surface area contributed by atoms with E-state index in [0.29, 0.717) is 11.1 Å². The molecule has 0 fully saturated rings. The van der Waals surface area contributed by atoms with E-state index in [1.807, 2.05) is 0 Å². The Morgan fingerprint density at radius 1 is 1.25 bits per heavy atom. The molecule has 2 amide bonds. The quantitative estimate of drug-likeness (QED) is 0.455. The molecule has 16 heavy (non-hydrogen) atoms. The van der Waals surface area contributed by atoms with Crippen LogP contribution in [0.4, 0.5) is 0 Å². The van der Waals surface area contributed by atoms with Gasteiger partial charge < -0.3 is 5.73 Å². The van der Waals surface area contributed by atoms with Crippen molar-refractivity contribution in [2.45, 2.75) is 5.37 Å².